The molecular formula is C11H9BrCl2N2O2S. The van der Waals surface area contributed by atoms with E-state index in [-0.39, 0.29) is 14.9 Å². The Hall–Kier alpha value is -0.320. The number of benzene rings is 1. The summed E-state index contributed by atoms with van der Waals surface area (Å²) in [5, 5.41) is 9.09. The predicted molar refractivity (Wildman–Crippen MR) is 76.7 cm³/mol. The molecule has 0 radical (unpaired) electrons. The molecule has 102 valence electrons. The average molecular weight is 384 g/mol. The highest BCUT2D eigenvalue weighted by molar-refractivity contribution is 9.10. The SMILES string of the molecule is N#CC1CCCN1S(=O)(=O)c1c(Cl)cc(Br)cc1Cl. The molecule has 0 saturated carbocycles. The minimum atomic E-state index is -3.85. The molecule has 1 aromatic carbocycles. The van der Waals surface area contributed by atoms with Crippen LogP contribution in [-0.2, 0) is 10.0 Å². The quantitative estimate of drug-likeness (QED) is 0.785. The fourth-order valence-corrected chi connectivity index (χ4v) is 5.55. The molecule has 1 heterocycles. The molecule has 0 aliphatic carbocycles. The third-order valence-electron chi connectivity index (χ3n) is 2.88. The molecule has 1 aromatic rings. The lowest BCUT2D eigenvalue weighted by Crippen LogP contribution is -2.34. The van der Waals surface area contributed by atoms with Gasteiger partial charge in [-0.05, 0) is 25.0 Å². The van der Waals surface area contributed by atoms with Gasteiger partial charge in [-0.15, -0.1) is 0 Å². The number of sulfonamides is 1. The van der Waals surface area contributed by atoms with E-state index in [4.69, 9.17) is 28.5 Å². The molecular weight excluding hydrogens is 375 g/mol. The highest BCUT2D eigenvalue weighted by atomic mass is 79.9. The van der Waals surface area contributed by atoms with Crippen molar-refractivity contribution in [1.82, 2.24) is 4.31 Å². The molecule has 4 nitrogen and oxygen atoms in total. The molecule has 1 atom stereocenters. The second-order valence-electron chi connectivity index (χ2n) is 4.10. The lowest BCUT2D eigenvalue weighted by molar-refractivity contribution is 0.437. The first-order chi connectivity index (χ1) is 8.87. The van der Waals surface area contributed by atoms with Crippen molar-refractivity contribution in [2.24, 2.45) is 0 Å². The maximum absolute atomic E-state index is 12.5. The Labute approximate surface area is 130 Å². The molecule has 0 amide bonds. The van der Waals surface area contributed by atoms with Crippen LogP contribution in [0.25, 0.3) is 0 Å². The Bertz CT molecular complexity index is 634. The number of rotatable bonds is 2. The van der Waals surface area contributed by atoms with E-state index in [2.05, 4.69) is 15.9 Å². The average Bonchev–Trinajstić information content (AvgIpc) is 2.75. The molecule has 0 bridgehead atoms. The van der Waals surface area contributed by atoms with Crippen molar-refractivity contribution < 1.29 is 8.42 Å². The van der Waals surface area contributed by atoms with E-state index in [1.807, 2.05) is 6.07 Å². The molecule has 8 heteroatoms. The molecule has 1 aliphatic heterocycles. The van der Waals surface area contributed by atoms with Crippen LogP contribution < -0.4 is 0 Å². The second-order valence-corrected chi connectivity index (χ2v) is 7.66. The predicted octanol–water partition coefficient (Wildman–Crippen LogP) is 3.43. The summed E-state index contributed by atoms with van der Waals surface area (Å²) < 4.78 is 26.9. The van der Waals surface area contributed by atoms with Gasteiger partial charge in [0.05, 0.1) is 16.1 Å². The minimum absolute atomic E-state index is 0.0444. The van der Waals surface area contributed by atoms with E-state index in [0.29, 0.717) is 23.9 Å². The Morgan fingerprint density at radius 2 is 1.95 bits per heavy atom. The lowest BCUT2D eigenvalue weighted by atomic mass is 10.2. The smallest absolute Gasteiger partial charge is 0.207 e. The Morgan fingerprint density at radius 3 is 2.47 bits per heavy atom. The first-order valence-electron chi connectivity index (χ1n) is 5.44. The largest absolute Gasteiger partial charge is 0.247 e. The molecule has 2 rings (SSSR count). The van der Waals surface area contributed by atoms with Crippen molar-refractivity contribution in [3.8, 4) is 6.07 Å². The zero-order valence-electron chi connectivity index (χ0n) is 9.61. The molecule has 1 unspecified atom stereocenters. The van der Waals surface area contributed by atoms with Gasteiger partial charge in [-0.1, -0.05) is 39.1 Å². The molecule has 1 saturated heterocycles. The van der Waals surface area contributed by atoms with Crippen LogP contribution in [0.15, 0.2) is 21.5 Å². The Balaban J connectivity index is 2.55. The van der Waals surface area contributed by atoms with Crippen molar-refractivity contribution in [3.05, 3.63) is 26.7 Å². The van der Waals surface area contributed by atoms with Crippen LogP contribution in [0.2, 0.25) is 10.0 Å². The van der Waals surface area contributed by atoms with E-state index in [9.17, 15) is 8.42 Å². The standard InChI is InChI=1S/C11H9BrCl2N2O2S/c12-7-4-9(13)11(10(14)5-7)19(17,18)16-3-1-2-8(16)6-15/h4-5,8H,1-3H2. The summed E-state index contributed by atoms with van der Waals surface area (Å²) in [5.74, 6) is 0. The summed E-state index contributed by atoms with van der Waals surface area (Å²) in [7, 11) is -3.85. The van der Waals surface area contributed by atoms with Crippen molar-refractivity contribution in [3.63, 3.8) is 0 Å². The third kappa shape index (κ3) is 2.76. The Morgan fingerprint density at radius 1 is 1.37 bits per heavy atom. The highest BCUT2D eigenvalue weighted by Crippen LogP contribution is 2.36. The van der Waals surface area contributed by atoms with Crippen LogP contribution in [-0.4, -0.2) is 25.3 Å². The van der Waals surface area contributed by atoms with Crippen LogP contribution in [0.3, 0.4) is 0 Å². The van der Waals surface area contributed by atoms with E-state index in [1.54, 1.807) is 0 Å². The summed E-state index contributed by atoms with van der Waals surface area (Å²) in [4.78, 5) is -0.138. The first-order valence-corrected chi connectivity index (χ1v) is 8.43. The normalized spacial score (nSPS) is 20.4. The summed E-state index contributed by atoms with van der Waals surface area (Å²) in [6.07, 6.45) is 1.19. The summed E-state index contributed by atoms with van der Waals surface area (Å²) >= 11 is 15.2. The summed E-state index contributed by atoms with van der Waals surface area (Å²) in [6.45, 7) is 0.309. The van der Waals surface area contributed by atoms with Crippen LogP contribution in [0, 0.1) is 11.3 Å². The number of nitrogens with zero attached hydrogens (tertiary/aromatic N) is 2. The van der Waals surface area contributed by atoms with E-state index in [0.717, 1.165) is 4.31 Å². The Kier molecular flexibility index (Phi) is 4.43. The molecule has 0 aromatic heterocycles. The molecule has 19 heavy (non-hydrogen) atoms. The van der Waals surface area contributed by atoms with Gasteiger partial charge in [0, 0.05) is 11.0 Å². The van der Waals surface area contributed by atoms with Gasteiger partial charge < -0.3 is 0 Å². The number of hydrogen-bond acceptors (Lipinski definition) is 3. The molecule has 0 spiro atoms. The van der Waals surface area contributed by atoms with Crippen molar-refractivity contribution >= 4 is 49.2 Å². The first kappa shape index (κ1) is 15.1. The molecule has 1 fully saturated rings. The third-order valence-corrected chi connectivity index (χ3v) is 6.17. The fraction of sp³-hybridized carbons (Fsp3) is 0.364. The number of hydrogen-bond donors (Lipinski definition) is 0. The maximum Gasteiger partial charge on any atom is 0.247 e. The van der Waals surface area contributed by atoms with E-state index >= 15 is 0 Å². The fourth-order valence-electron chi connectivity index (χ4n) is 2.05. The number of nitriles is 1. The van der Waals surface area contributed by atoms with Gasteiger partial charge in [0.2, 0.25) is 10.0 Å². The minimum Gasteiger partial charge on any atom is -0.207 e. The summed E-state index contributed by atoms with van der Waals surface area (Å²) in [5.41, 5.74) is 0. The van der Waals surface area contributed by atoms with Gasteiger partial charge in [-0.25, -0.2) is 8.42 Å². The van der Waals surface area contributed by atoms with Crippen LogP contribution in [0.1, 0.15) is 12.8 Å². The van der Waals surface area contributed by atoms with Crippen LogP contribution >= 0.6 is 39.1 Å². The van der Waals surface area contributed by atoms with Crippen LogP contribution in [0.4, 0.5) is 0 Å². The van der Waals surface area contributed by atoms with E-state index in [1.165, 1.54) is 12.1 Å². The van der Waals surface area contributed by atoms with Gasteiger partial charge >= 0.3 is 0 Å². The van der Waals surface area contributed by atoms with Crippen molar-refractivity contribution in [2.45, 2.75) is 23.8 Å². The summed E-state index contributed by atoms with van der Waals surface area (Å²) in [6, 6.07) is 4.28. The van der Waals surface area contributed by atoms with Crippen molar-refractivity contribution in [2.75, 3.05) is 6.54 Å². The number of halogens is 3. The zero-order chi connectivity index (χ0) is 14.2. The van der Waals surface area contributed by atoms with Gasteiger partial charge in [-0.3, -0.25) is 0 Å². The monoisotopic (exact) mass is 382 g/mol. The van der Waals surface area contributed by atoms with E-state index < -0.39 is 16.1 Å². The molecule has 0 N–H and O–H groups in total. The highest BCUT2D eigenvalue weighted by Gasteiger charge is 2.37. The van der Waals surface area contributed by atoms with Crippen molar-refractivity contribution in [1.29, 1.82) is 5.26 Å². The van der Waals surface area contributed by atoms with Gasteiger partial charge in [-0.2, -0.15) is 9.57 Å². The van der Waals surface area contributed by atoms with Crippen LogP contribution in [0.5, 0.6) is 0 Å². The lowest BCUT2D eigenvalue weighted by Gasteiger charge is -2.20. The topological polar surface area (TPSA) is 61.2 Å². The van der Waals surface area contributed by atoms with Gasteiger partial charge in [0.25, 0.3) is 0 Å². The van der Waals surface area contributed by atoms with Gasteiger partial charge in [0.1, 0.15) is 10.9 Å². The maximum atomic E-state index is 12.5. The zero-order valence-corrected chi connectivity index (χ0v) is 13.5. The second kappa shape index (κ2) is 5.58. The van der Waals surface area contributed by atoms with Gasteiger partial charge in [0.15, 0.2) is 0 Å². The molecule has 1 aliphatic rings.